The fourth-order valence-corrected chi connectivity index (χ4v) is 1.63. The molecule has 0 bridgehead atoms. The van der Waals surface area contributed by atoms with Crippen molar-refractivity contribution in [3.05, 3.63) is 0 Å². The first-order valence-electron chi connectivity index (χ1n) is 5.13. The summed E-state index contributed by atoms with van der Waals surface area (Å²) in [5.41, 5.74) is 0. The first-order chi connectivity index (χ1) is 6.65. The monoisotopic (exact) mass is 199 g/mol. The van der Waals surface area contributed by atoms with Gasteiger partial charge in [-0.25, -0.2) is 0 Å². The van der Waals surface area contributed by atoms with Crippen molar-refractivity contribution in [1.29, 1.82) is 0 Å². The Hall–Kier alpha value is -0.900. The van der Waals surface area contributed by atoms with Gasteiger partial charge in [0, 0.05) is 12.5 Å². The Morgan fingerprint density at radius 2 is 2.21 bits per heavy atom. The summed E-state index contributed by atoms with van der Waals surface area (Å²) in [7, 11) is 0. The second kappa shape index (κ2) is 5.10. The van der Waals surface area contributed by atoms with Crippen molar-refractivity contribution in [2.75, 3.05) is 6.54 Å². The number of carbonyl (C=O) groups excluding carboxylic acids is 2. The van der Waals surface area contributed by atoms with Crippen molar-refractivity contribution in [3.63, 3.8) is 0 Å². The van der Waals surface area contributed by atoms with E-state index in [1.165, 1.54) is 0 Å². The van der Waals surface area contributed by atoms with Gasteiger partial charge in [-0.2, -0.15) is 0 Å². The zero-order valence-electron chi connectivity index (χ0n) is 8.71. The minimum Gasteiger partial charge on any atom is -0.393 e. The molecule has 0 aromatic heterocycles. The number of esters is 2. The molecule has 0 amide bonds. The van der Waals surface area contributed by atoms with Crippen molar-refractivity contribution in [3.8, 4) is 0 Å². The summed E-state index contributed by atoms with van der Waals surface area (Å²) in [4.78, 5) is 22.4. The number of nitrogens with one attached hydrogen (secondary N) is 1. The van der Waals surface area contributed by atoms with E-state index in [2.05, 4.69) is 5.32 Å². The molecular formula is C10H17NO3. The first kappa shape index (κ1) is 11.2. The second-order valence-electron chi connectivity index (χ2n) is 3.64. The van der Waals surface area contributed by atoms with Crippen LogP contribution in [0.25, 0.3) is 0 Å². The van der Waals surface area contributed by atoms with Gasteiger partial charge in [0.1, 0.15) is 0 Å². The van der Waals surface area contributed by atoms with Crippen molar-refractivity contribution < 1.29 is 14.3 Å². The van der Waals surface area contributed by atoms with Crippen LogP contribution in [-0.4, -0.2) is 24.5 Å². The molecule has 2 unspecified atom stereocenters. The summed E-state index contributed by atoms with van der Waals surface area (Å²) in [5, 5.41) is 3.19. The van der Waals surface area contributed by atoms with Gasteiger partial charge >= 0.3 is 11.9 Å². The highest BCUT2D eigenvalue weighted by molar-refractivity contribution is 5.86. The fourth-order valence-electron chi connectivity index (χ4n) is 1.63. The highest BCUT2D eigenvalue weighted by Gasteiger charge is 2.29. The van der Waals surface area contributed by atoms with Crippen molar-refractivity contribution in [2.24, 2.45) is 5.92 Å². The summed E-state index contributed by atoms with van der Waals surface area (Å²) in [6.07, 6.45) is 2.02. The van der Waals surface area contributed by atoms with E-state index in [4.69, 9.17) is 4.74 Å². The van der Waals surface area contributed by atoms with E-state index in [9.17, 15) is 9.59 Å². The molecule has 0 spiro atoms. The average molecular weight is 199 g/mol. The van der Waals surface area contributed by atoms with Gasteiger partial charge in [-0.1, -0.05) is 6.92 Å². The second-order valence-corrected chi connectivity index (χ2v) is 3.64. The molecule has 1 fully saturated rings. The van der Waals surface area contributed by atoms with E-state index in [1.54, 1.807) is 6.92 Å². The predicted molar refractivity (Wildman–Crippen MR) is 51.6 cm³/mol. The van der Waals surface area contributed by atoms with Crippen LogP contribution in [0.2, 0.25) is 0 Å². The molecule has 1 aliphatic rings. The molecule has 4 heteroatoms. The van der Waals surface area contributed by atoms with Gasteiger partial charge in [0.05, 0.1) is 5.92 Å². The third-order valence-electron chi connectivity index (χ3n) is 2.57. The molecule has 0 aromatic rings. The minimum atomic E-state index is -0.437. The van der Waals surface area contributed by atoms with Gasteiger partial charge in [-0.05, 0) is 26.3 Å². The van der Waals surface area contributed by atoms with E-state index in [-0.39, 0.29) is 24.3 Å². The summed E-state index contributed by atoms with van der Waals surface area (Å²) in [6, 6.07) is 0.112. The lowest BCUT2D eigenvalue weighted by atomic mass is 9.92. The van der Waals surface area contributed by atoms with Crippen LogP contribution >= 0.6 is 0 Å². The van der Waals surface area contributed by atoms with Crippen LogP contribution in [0.3, 0.4) is 0 Å². The quantitative estimate of drug-likeness (QED) is 0.529. The number of hydrogen-bond acceptors (Lipinski definition) is 4. The lowest BCUT2D eigenvalue weighted by Gasteiger charge is -2.27. The summed E-state index contributed by atoms with van der Waals surface area (Å²) in [6.45, 7) is 4.56. The SMILES string of the molecule is CCC(=O)OC(=O)C1CCCNC1C. The Morgan fingerprint density at radius 1 is 1.50 bits per heavy atom. The molecule has 1 N–H and O–H groups in total. The van der Waals surface area contributed by atoms with E-state index < -0.39 is 5.97 Å². The maximum atomic E-state index is 11.5. The predicted octanol–water partition coefficient (Wildman–Crippen LogP) is 0.854. The van der Waals surface area contributed by atoms with Crippen molar-refractivity contribution in [2.45, 2.75) is 39.2 Å². The van der Waals surface area contributed by atoms with Gasteiger partial charge < -0.3 is 10.1 Å². The van der Waals surface area contributed by atoms with Crippen LogP contribution in [0, 0.1) is 5.92 Å². The third kappa shape index (κ3) is 2.80. The number of ether oxygens (including phenoxy) is 1. The normalized spacial score (nSPS) is 27.0. The number of hydrogen-bond donors (Lipinski definition) is 1. The zero-order chi connectivity index (χ0) is 10.6. The van der Waals surface area contributed by atoms with Gasteiger partial charge in [0.25, 0.3) is 0 Å². The van der Waals surface area contributed by atoms with Crippen LogP contribution in [0.5, 0.6) is 0 Å². The molecule has 2 atom stereocenters. The van der Waals surface area contributed by atoms with Gasteiger partial charge in [-0.3, -0.25) is 9.59 Å². The Bertz CT molecular complexity index is 227. The van der Waals surface area contributed by atoms with Gasteiger partial charge in [0.2, 0.25) is 0 Å². The summed E-state index contributed by atoms with van der Waals surface area (Å²) in [5.74, 6) is -0.983. The Labute approximate surface area is 84.0 Å². The van der Waals surface area contributed by atoms with Crippen LogP contribution < -0.4 is 5.32 Å². The van der Waals surface area contributed by atoms with E-state index in [0.717, 1.165) is 19.4 Å². The number of carbonyl (C=O) groups is 2. The zero-order valence-corrected chi connectivity index (χ0v) is 8.71. The molecule has 0 aromatic carbocycles. The molecule has 4 nitrogen and oxygen atoms in total. The largest absolute Gasteiger partial charge is 0.393 e. The molecule has 1 heterocycles. The molecule has 14 heavy (non-hydrogen) atoms. The Balaban J connectivity index is 2.46. The molecule has 0 saturated carbocycles. The lowest BCUT2D eigenvalue weighted by molar-refractivity contribution is -0.163. The van der Waals surface area contributed by atoms with Crippen LogP contribution in [-0.2, 0) is 14.3 Å². The maximum absolute atomic E-state index is 11.5. The van der Waals surface area contributed by atoms with E-state index in [1.807, 2.05) is 6.92 Å². The Kier molecular flexibility index (Phi) is 4.07. The summed E-state index contributed by atoms with van der Waals surface area (Å²) < 4.78 is 4.69. The third-order valence-corrected chi connectivity index (χ3v) is 2.57. The van der Waals surface area contributed by atoms with E-state index in [0.29, 0.717) is 0 Å². The molecule has 0 radical (unpaired) electrons. The molecule has 1 aliphatic heterocycles. The van der Waals surface area contributed by atoms with Crippen LogP contribution in [0.15, 0.2) is 0 Å². The summed E-state index contributed by atoms with van der Waals surface area (Å²) >= 11 is 0. The number of piperidine rings is 1. The fraction of sp³-hybridized carbons (Fsp3) is 0.800. The highest BCUT2D eigenvalue weighted by atomic mass is 16.6. The molecule has 1 rings (SSSR count). The topological polar surface area (TPSA) is 55.4 Å². The average Bonchev–Trinajstić information content (AvgIpc) is 2.18. The maximum Gasteiger partial charge on any atom is 0.318 e. The molecule has 1 saturated heterocycles. The van der Waals surface area contributed by atoms with Crippen LogP contribution in [0.4, 0.5) is 0 Å². The van der Waals surface area contributed by atoms with E-state index >= 15 is 0 Å². The minimum absolute atomic E-state index is 0.112. The molecule has 0 aliphatic carbocycles. The Morgan fingerprint density at radius 3 is 2.79 bits per heavy atom. The number of rotatable bonds is 2. The standard InChI is InChI=1S/C10H17NO3/c1-3-9(12)14-10(13)8-5-4-6-11-7(8)2/h7-8,11H,3-6H2,1-2H3. The molecular weight excluding hydrogens is 182 g/mol. The smallest absolute Gasteiger partial charge is 0.318 e. The highest BCUT2D eigenvalue weighted by Crippen LogP contribution is 2.17. The molecule has 80 valence electrons. The lowest BCUT2D eigenvalue weighted by Crippen LogP contribution is -2.43. The first-order valence-corrected chi connectivity index (χ1v) is 5.13. The van der Waals surface area contributed by atoms with Crippen LogP contribution in [0.1, 0.15) is 33.1 Å². The van der Waals surface area contributed by atoms with Crippen molar-refractivity contribution >= 4 is 11.9 Å². The van der Waals surface area contributed by atoms with Gasteiger partial charge in [-0.15, -0.1) is 0 Å². The van der Waals surface area contributed by atoms with Crippen molar-refractivity contribution in [1.82, 2.24) is 5.32 Å². The van der Waals surface area contributed by atoms with Gasteiger partial charge in [0.15, 0.2) is 0 Å².